The van der Waals surface area contributed by atoms with Crippen LogP contribution in [0.3, 0.4) is 0 Å². The molecule has 1 aliphatic heterocycles. The van der Waals surface area contributed by atoms with Crippen LogP contribution in [0.2, 0.25) is 0 Å². The first-order valence-electron chi connectivity index (χ1n) is 6.90. The Morgan fingerprint density at radius 3 is 2.80 bits per heavy atom. The van der Waals surface area contributed by atoms with Crippen molar-refractivity contribution in [2.75, 3.05) is 19.9 Å². The molecule has 1 aromatic carbocycles. The molecule has 1 N–H and O–H groups in total. The average Bonchev–Trinajstić information content (AvgIpc) is 2.85. The van der Waals surface area contributed by atoms with Crippen molar-refractivity contribution in [2.24, 2.45) is 5.92 Å². The van der Waals surface area contributed by atoms with Crippen molar-refractivity contribution < 1.29 is 14.2 Å². The average molecular weight is 275 g/mol. The molecule has 1 aliphatic rings. The quantitative estimate of drug-likeness (QED) is 0.613. The molecule has 4 nitrogen and oxygen atoms in total. The Morgan fingerprint density at radius 1 is 1.35 bits per heavy atom. The molecule has 0 saturated heterocycles. The third-order valence-electron chi connectivity index (χ3n) is 2.93. The number of hydrogen-bond acceptors (Lipinski definition) is 4. The SMILES string of the molecule is C#CCCOc1cc2c(cc1CNCC(C)C)OCO2. The summed E-state index contributed by atoms with van der Waals surface area (Å²) in [5.74, 6) is 5.49. The predicted molar refractivity (Wildman–Crippen MR) is 78.1 cm³/mol. The Bertz CT molecular complexity index is 491. The number of benzene rings is 1. The maximum Gasteiger partial charge on any atom is 0.231 e. The van der Waals surface area contributed by atoms with E-state index in [1.54, 1.807) is 0 Å². The molecule has 4 heteroatoms. The lowest BCUT2D eigenvalue weighted by Crippen LogP contribution is -2.19. The Hall–Kier alpha value is -1.86. The zero-order valence-electron chi connectivity index (χ0n) is 12.1. The fourth-order valence-electron chi connectivity index (χ4n) is 1.95. The summed E-state index contributed by atoms with van der Waals surface area (Å²) in [4.78, 5) is 0. The highest BCUT2D eigenvalue weighted by molar-refractivity contribution is 5.51. The van der Waals surface area contributed by atoms with Crippen LogP contribution in [0.1, 0.15) is 25.8 Å². The van der Waals surface area contributed by atoms with Gasteiger partial charge in [0.25, 0.3) is 0 Å². The van der Waals surface area contributed by atoms with E-state index in [1.165, 1.54) is 0 Å². The van der Waals surface area contributed by atoms with Gasteiger partial charge >= 0.3 is 0 Å². The van der Waals surface area contributed by atoms with Gasteiger partial charge in [0.2, 0.25) is 6.79 Å². The minimum absolute atomic E-state index is 0.266. The molecule has 0 amide bonds. The van der Waals surface area contributed by atoms with Gasteiger partial charge in [-0.1, -0.05) is 13.8 Å². The highest BCUT2D eigenvalue weighted by atomic mass is 16.7. The van der Waals surface area contributed by atoms with Gasteiger partial charge < -0.3 is 19.5 Å². The molecule has 0 spiro atoms. The molecular weight excluding hydrogens is 254 g/mol. The van der Waals surface area contributed by atoms with E-state index in [0.717, 1.165) is 35.9 Å². The topological polar surface area (TPSA) is 39.7 Å². The van der Waals surface area contributed by atoms with E-state index in [9.17, 15) is 0 Å². The van der Waals surface area contributed by atoms with Crippen LogP contribution in [-0.2, 0) is 6.54 Å². The molecule has 0 fully saturated rings. The van der Waals surface area contributed by atoms with Crippen LogP contribution in [0.4, 0.5) is 0 Å². The van der Waals surface area contributed by atoms with Gasteiger partial charge in [0, 0.05) is 24.6 Å². The summed E-state index contributed by atoms with van der Waals surface area (Å²) in [6.45, 7) is 6.82. The lowest BCUT2D eigenvalue weighted by atomic mass is 10.1. The molecule has 0 saturated carbocycles. The van der Waals surface area contributed by atoms with Gasteiger partial charge in [-0.15, -0.1) is 12.3 Å². The lowest BCUT2D eigenvalue weighted by molar-refractivity contribution is 0.173. The van der Waals surface area contributed by atoms with Gasteiger partial charge in [-0.2, -0.15) is 0 Å². The van der Waals surface area contributed by atoms with E-state index in [1.807, 2.05) is 12.1 Å². The molecule has 0 bridgehead atoms. The molecule has 2 rings (SSSR count). The van der Waals surface area contributed by atoms with Crippen molar-refractivity contribution in [1.82, 2.24) is 5.32 Å². The van der Waals surface area contributed by atoms with Crippen LogP contribution < -0.4 is 19.5 Å². The molecule has 0 atom stereocenters. The van der Waals surface area contributed by atoms with E-state index in [2.05, 4.69) is 25.1 Å². The maximum atomic E-state index is 5.74. The summed E-state index contributed by atoms with van der Waals surface area (Å²) in [5, 5.41) is 3.41. The van der Waals surface area contributed by atoms with Crippen molar-refractivity contribution in [1.29, 1.82) is 0 Å². The zero-order chi connectivity index (χ0) is 14.4. The number of terminal acetylenes is 1. The van der Waals surface area contributed by atoms with E-state index in [0.29, 0.717) is 18.9 Å². The van der Waals surface area contributed by atoms with Gasteiger partial charge in [0.15, 0.2) is 11.5 Å². The van der Waals surface area contributed by atoms with E-state index in [4.69, 9.17) is 20.6 Å². The van der Waals surface area contributed by atoms with Crippen molar-refractivity contribution >= 4 is 0 Å². The minimum atomic E-state index is 0.266. The minimum Gasteiger partial charge on any atom is -0.492 e. The van der Waals surface area contributed by atoms with Crippen LogP contribution in [0.5, 0.6) is 17.2 Å². The monoisotopic (exact) mass is 275 g/mol. The van der Waals surface area contributed by atoms with Crippen LogP contribution in [0, 0.1) is 18.3 Å². The normalized spacial score (nSPS) is 12.5. The fraction of sp³-hybridized carbons (Fsp3) is 0.500. The molecule has 0 unspecified atom stereocenters. The largest absolute Gasteiger partial charge is 0.492 e. The van der Waals surface area contributed by atoms with Crippen molar-refractivity contribution in [3.63, 3.8) is 0 Å². The molecule has 1 aromatic rings. The second-order valence-electron chi connectivity index (χ2n) is 5.14. The number of fused-ring (bicyclic) bond motifs is 1. The molecule has 0 radical (unpaired) electrons. The molecule has 108 valence electrons. The third-order valence-corrected chi connectivity index (χ3v) is 2.93. The Morgan fingerprint density at radius 2 is 2.10 bits per heavy atom. The molecular formula is C16H21NO3. The first kappa shape index (κ1) is 14.5. The molecule has 0 aliphatic carbocycles. The predicted octanol–water partition coefficient (Wildman–Crippen LogP) is 2.56. The van der Waals surface area contributed by atoms with Crippen molar-refractivity contribution in [3.05, 3.63) is 17.7 Å². The first-order valence-corrected chi connectivity index (χ1v) is 6.90. The standard InChI is InChI=1S/C16H21NO3/c1-4-5-6-18-14-8-16-15(19-11-20-16)7-13(14)10-17-9-12(2)3/h1,7-8,12,17H,5-6,9-11H2,2-3H3. The van der Waals surface area contributed by atoms with Gasteiger partial charge in [0.05, 0.1) is 6.61 Å². The van der Waals surface area contributed by atoms with Crippen LogP contribution in [0.15, 0.2) is 12.1 Å². The third kappa shape index (κ3) is 3.82. The van der Waals surface area contributed by atoms with E-state index < -0.39 is 0 Å². The first-order chi connectivity index (χ1) is 9.70. The second kappa shape index (κ2) is 7.06. The van der Waals surface area contributed by atoms with Crippen LogP contribution in [0.25, 0.3) is 0 Å². The van der Waals surface area contributed by atoms with Gasteiger partial charge in [-0.25, -0.2) is 0 Å². The van der Waals surface area contributed by atoms with E-state index >= 15 is 0 Å². The van der Waals surface area contributed by atoms with Crippen LogP contribution in [-0.4, -0.2) is 19.9 Å². The Labute approximate surface area is 120 Å². The number of hydrogen-bond donors (Lipinski definition) is 1. The molecule has 0 aromatic heterocycles. The van der Waals surface area contributed by atoms with Gasteiger partial charge in [-0.05, 0) is 18.5 Å². The van der Waals surface area contributed by atoms with Crippen molar-refractivity contribution in [3.8, 4) is 29.6 Å². The van der Waals surface area contributed by atoms with Gasteiger partial charge in [-0.3, -0.25) is 0 Å². The summed E-state index contributed by atoms with van der Waals surface area (Å²) in [6, 6.07) is 3.85. The second-order valence-corrected chi connectivity index (χ2v) is 5.14. The maximum absolute atomic E-state index is 5.74. The van der Waals surface area contributed by atoms with Crippen LogP contribution >= 0.6 is 0 Å². The van der Waals surface area contributed by atoms with Gasteiger partial charge in [0.1, 0.15) is 5.75 Å². The number of nitrogens with one attached hydrogen (secondary N) is 1. The molecule has 1 heterocycles. The summed E-state index contributed by atoms with van der Waals surface area (Å²) in [5.41, 5.74) is 1.06. The Kier molecular flexibility index (Phi) is 5.14. The Balaban J connectivity index is 2.08. The zero-order valence-corrected chi connectivity index (χ0v) is 12.1. The summed E-state index contributed by atoms with van der Waals surface area (Å²) in [6.07, 6.45) is 5.84. The smallest absolute Gasteiger partial charge is 0.231 e. The lowest BCUT2D eigenvalue weighted by Gasteiger charge is -2.13. The fourth-order valence-corrected chi connectivity index (χ4v) is 1.95. The number of ether oxygens (including phenoxy) is 3. The summed E-state index contributed by atoms with van der Waals surface area (Å²) < 4.78 is 16.5. The highest BCUT2D eigenvalue weighted by Gasteiger charge is 2.18. The summed E-state index contributed by atoms with van der Waals surface area (Å²) >= 11 is 0. The summed E-state index contributed by atoms with van der Waals surface area (Å²) in [7, 11) is 0. The molecule has 20 heavy (non-hydrogen) atoms. The number of rotatable bonds is 7. The van der Waals surface area contributed by atoms with Crippen molar-refractivity contribution in [2.45, 2.75) is 26.8 Å². The highest BCUT2D eigenvalue weighted by Crippen LogP contribution is 2.38. The van der Waals surface area contributed by atoms with E-state index in [-0.39, 0.29) is 6.79 Å².